The highest BCUT2D eigenvalue weighted by atomic mass is 32.2. The van der Waals surface area contributed by atoms with Gasteiger partial charge in [-0.15, -0.1) is 0 Å². The van der Waals surface area contributed by atoms with Crippen LogP contribution in [-0.4, -0.2) is 20.0 Å². The number of ketones is 1. The van der Waals surface area contributed by atoms with E-state index in [-0.39, 0.29) is 10.7 Å². The van der Waals surface area contributed by atoms with Gasteiger partial charge in [0.15, 0.2) is 15.6 Å². The zero-order valence-corrected chi connectivity index (χ0v) is 13.2. The molecule has 0 heterocycles. The first-order valence-corrected chi connectivity index (χ1v) is 8.35. The number of hydrogen-bond donors (Lipinski definition) is 0. The van der Waals surface area contributed by atoms with Crippen molar-refractivity contribution in [1.29, 1.82) is 0 Å². The third-order valence-electron chi connectivity index (χ3n) is 3.36. The van der Waals surface area contributed by atoms with Gasteiger partial charge in [0.25, 0.3) is 0 Å². The van der Waals surface area contributed by atoms with Gasteiger partial charge in [-0.3, -0.25) is 4.79 Å². The van der Waals surface area contributed by atoms with E-state index in [9.17, 15) is 13.2 Å². The van der Waals surface area contributed by atoms with Crippen LogP contribution in [0.15, 0.2) is 47.4 Å². The maximum absolute atomic E-state index is 12.4. The Hall–Kier alpha value is -1.94. The summed E-state index contributed by atoms with van der Waals surface area (Å²) < 4.78 is 24.8. The summed E-state index contributed by atoms with van der Waals surface area (Å²) in [4.78, 5) is 12.4. The number of rotatable bonds is 4. The van der Waals surface area contributed by atoms with E-state index in [1.54, 1.807) is 43.3 Å². The summed E-state index contributed by atoms with van der Waals surface area (Å²) in [6, 6.07) is 12.1. The highest BCUT2D eigenvalue weighted by Crippen LogP contribution is 2.19. The summed E-state index contributed by atoms with van der Waals surface area (Å²) in [5.41, 5.74) is 3.13. The number of benzene rings is 2. The topological polar surface area (TPSA) is 51.2 Å². The molecule has 0 atom stereocenters. The van der Waals surface area contributed by atoms with Crippen molar-refractivity contribution >= 4 is 15.6 Å². The minimum Gasteiger partial charge on any atom is -0.293 e. The van der Waals surface area contributed by atoms with Gasteiger partial charge in [0.2, 0.25) is 0 Å². The Kier molecular flexibility index (Phi) is 4.28. The largest absolute Gasteiger partial charge is 0.293 e. The fourth-order valence-electron chi connectivity index (χ4n) is 2.22. The molecule has 0 radical (unpaired) electrons. The zero-order valence-electron chi connectivity index (χ0n) is 12.4. The SMILES string of the molecule is Cc1ccc(C(=O)CS(=O)(=O)c2ccc(C)cc2C)cc1. The number of carbonyl (C=O) groups is 1. The van der Waals surface area contributed by atoms with E-state index in [0.29, 0.717) is 11.1 Å². The molecule has 110 valence electrons. The number of aryl methyl sites for hydroxylation is 3. The molecule has 0 amide bonds. The first-order chi connectivity index (χ1) is 9.79. The molecule has 0 saturated carbocycles. The molecule has 2 rings (SSSR count). The number of sulfone groups is 1. The maximum Gasteiger partial charge on any atom is 0.186 e. The molecule has 2 aromatic rings. The summed E-state index contributed by atoms with van der Waals surface area (Å²) in [6.45, 7) is 5.57. The maximum atomic E-state index is 12.4. The second kappa shape index (κ2) is 5.82. The molecule has 2 aromatic carbocycles. The quantitative estimate of drug-likeness (QED) is 0.815. The van der Waals surface area contributed by atoms with Gasteiger partial charge in [-0.2, -0.15) is 0 Å². The average Bonchev–Trinajstić information content (AvgIpc) is 2.38. The van der Waals surface area contributed by atoms with E-state index >= 15 is 0 Å². The molecule has 0 bridgehead atoms. The van der Waals surface area contributed by atoms with Crippen LogP contribution < -0.4 is 0 Å². The summed E-state index contributed by atoms with van der Waals surface area (Å²) in [5.74, 6) is -0.880. The number of carbonyl (C=O) groups excluding carboxylic acids is 1. The van der Waals surface area contributed by atoms with Crippen LogP contribution in [0.5, 0.6) is 0 Å². The Morgan fingerprint density at radius 1 is 0.905 bits per heavy atom. The molecule has 0 unspecified atom stereocenters. The average molecular weight is 302 g/mol. The van der Waals surface area contributed by atoms with E-state index in [4.69, 9.17) is 0 Å². The summed E-state index contributed by atoms with van der Waals surface area (Å²) in [5, 5.41) is 0. The van der Waals surface area contributed by atoms with Crippen molar-refractivity contribution in [2.45, 2.75) is 25.7 Å². The molecule has 0 saturated heterocycles. The Balaban J connectivity index is 2.29. The minimum atomic E-state index is -3.61. The summed E-state index contributed by atoms with van der Waals surface area (Å²) in [6.07, 6.45) is 0. The van der Waals surface area contributed by atoms with Gasteiger partial charge < -0.3 is 0 Å². The van der Waals surface area contributed by atoms with Gasteiger partial charge in [0.1, 0.15) is 5.75 Å². The molecule has 0 aliphatic carbocycles. The van der Waals surface area contributed by atoms with Crippen molar-refractivity contribution in [1.82, 2.24) is 0 Å². The number of hydrogen-bond acceptors (Lipinski definition) is 3. The molecular formula is C17H18O3S. The van der Waals surface area contributed by atoms with E-state index < -0.39 is 15.6 Å². The van der Waals surface area contributed by atoms with Gasteiger partial charge in [-0.05, 0) is 32.4 Å². The van der Waals surface area contributed by atoms with Crippen molar-refractivity contribution < 1.29 is 13.2 Å². The van der Waals surface area contributed by atoms with Crippen molar-refractivity contribution in [3.63, 3.8) is 0 Å². The van der Waals surface area contributed by atoms with Gasteiger partial charge in [0.05, 0.1) is 4.90 Å². The first-order valence-electron chi connectivity index (χ1n) is 6.69. The minimum absolute atomic E-state index is 0.230. The highest BCUT2D eigenvalue weighted by Gasteiger charge is 2.22. The van der Waals surface area contributed by atoms with Crippen LogP contribution in [-0.2, 0) is 9.84 Å². The van der Waals surface area contributed by atoms with Crippen molar-refractivity contribution in [2.24, 2.45) is 0 Å². The monoisotopic (exact) mass is 302 g/mol. The molecule has 4 heteroatoms. The van der Waals surface area contributed by atoms with Gasteiger partial charge in [0, 0.05) is 5.56 Å². The molecule has 0 spiro atoms. The van der Waals surface area contributed by atoms with E-state index in [1.165, 1.54) is 0 Å². The molecule has 0 aromatic heterocycles. The van der Waals surface area contributed by atoms with Crippen molar-refractivity contribution in [3.05, 3.63) is 64.7 Å². The zero-order chi connectivity index (χ0) is 15.6. The van der Waals surface area contributed by atoms with Crippen molar-refractivity contribution in [2.75, 3.05) is 5.75 Å². The third-order valence-corrected chi connectivity index (χ3v) is 5.13. The van der Waals surface area contributed by atoms with Crippen molar-refractivity contribution in [3.8, 4) is 0 Å². The van der Waals surface area contributed by atoms with Crippen LogP contribution in [0.2, 0.25) is 0 Å². The lowest BCUT2D eigenvalue weighted by molar-refractivity contribution is 0.102. The van der Waals surface area contributed by atoms with E-state index in [2.05, 4.69) is 0 Å². The van der Waals surface area contributed by atoms with Crippen LogP contribution >= 0.6 is 0 Å². The lowest BCUT2D eigenvalue weighted by atomic mass is 10.1. The second-order valence-corrected chi connectivity index (χ2v) is 7.28. The smallest absolute Gasteiger partial charge is 0.186 e. The second-order valence-electron chi connectivity index (χ2n) is 5.32. The summed E-state index contributed by atoms with van der Waals surface area (Å²) in [7, 11) is -3.61. The molecule has 0 fully saturated rings. The number of Topliss-reactive ketones (excluding diaryl/α,β-unsaturated/α-hetero) is 1. The Morgan fingerprint density at radius 2 is 1.48 bits per heavy atom. The Labute approximate surface area is 125 Å². The Morgan fingerprint density at radius 3 is 2.05 bits per heavy atom. The van der Waals surface area contributed by atoms with Gasteiger partial charge in [-0.25, -0.2) is 8.42 Å². The summed E-state index contributed by atoms with van der Waals surface area (Å²) >= 11 is 0. The third kappa shape index (κ3) is 3.58. The Bertz CT molecular complexity index is 772. The first kappa shape index (κ1) is 15.4. The van der Waals surface area contributed by atoms with Crippen LogP contribution in [0.4, 0.5) is 0 Å². The van der Waals surface area contributed by atoms with Crippen LogP contribution in [0.3, 0.4) is 0 Å². The lowest BCUT2D eigenvalue weighted by Crippen LogP contribution is -2.17. The van der Waals surface area contributed by atoms with Crippen LogP contribution in [0.25, 0.3) is 0 Å². The predicted molar refractivity (Wildman–Crippen MR) is 83.5 cm³/mol. The lowest BCUT2D eigenvalue weighted by Gasteiger charge is -2.08. The molecule has 21 heavy (non-hydrogen) atoms. The normalized spacial score (nSPS) is 11.4. The molecule has 0 aliphatic rings. The fraction of sp³-hybridized carbons (Fsp3) is 0.235. The van der Waals surface area contributed by atoms with E-state index in [1.807, 2.05) is 19.9 Å². The molecule has 0 N–H and O–H groups in total. The van der Waals surface area contributed by atoms with E-state index in [0.717, 1.165) is 11.1 Å². The van der Waals surface area contributed by atoms with Gasteiger partial charge >= 0.3 is 0 Å². The van der Waals surface area contributed by atoms with Crippen LogP contribution in [0, 0.1) is 20.8 Å². The van der Waals surface area contributed by atoms with Crippen LogP contribution in [0.1, 0.15) is 27.0 Å². The fourth-order valence-corrected chi connectivity index (χ4v) is 3.71. The predicted octanol–water partition coefficient (Wildman–Crippen LogP) is 3.27. The molecular weight excluding hydrogens is 284 g/mol. The van der Waals surface area contributed by atoms with Gasteiger partial charge in [-0.1, -0.05) is 47.5 Å². The standard InChI is InChI=1S/C17H18O3S/c1-12-4-7-15(8-5-12)16(18)11-21(19,20)17-9-6-13(2)10-14(17)3/h4-10H,11H2,1-3H3. The molecule has 0 aliphatic heterocycles. The highest BCUT2D eigenvalue weighted by molar-refractivity contribution is 7.92. The molecule has 3 nitrogen and oxygen atoms in total.